The van der Waals surface area contributed by atoms with Crippen molar-refractivity contribution in [2.75, 3.05) is 46.5 Å². The monoisotopic (exact) mass is 332 g/mol. The Morgan fingerprint density at radius 2 is 2.25 bits per heavy atom. The van der Waals surface area contributed by atoms with Crippen LogP contribution in [0.4, 0.5) is 0 Å². The van der Waals surface area contributed by atoms with Crippen LogP contribution in [0.5, 0.6) is 11.5 Å². The van der Waals surface area contributed by atoms with Gasteiger partial charge in [-0.1, -0.05) is 6.07 Å². The highest BCUT2D eigenvalue weighted by Gasteiger charge is 2.15. The maximum Gasteiger partial charge on any atom is 0.262 e. The Kier molecular flexibility index (Phi) is 6.61. The Morgan fingerprint density at radius 3 is 2.92 bits per heavy atom. The average molecular weight is 332 g/mol. The standard InChI is InChI=1S/C17H21N3O4/c1-23-16-11-13(2-3-15(16)21)10-14(12-18)17(22)19-4-5-20-6-8-24-9-7-20/h2-3,10-11,21H,4-9H2,1H3,(H,19,22)/p+1. The fourth-order valence-electron chi connectivity index (χ4n) is 2.46. The van der Waals surface area contributed by atoms with Gasteiger partial charge in [-0.15, -0.1) is 0 Å². The third-order valence-corrected chi connectivity index (χ3v) is 3.84. The molecule has 0 aromatic heterocycles. The number of methoxy groups -OCH3 is 1. The van der Waals surface area contributed by atoms with E-state index in [2.05, 4.69) is 5.32 Å². The van der Waals surface area contributed by atoms with E-state index in [4.69, 9.17) is 9.47 Å². The number of phenolic OH excluding ortho intramolecular Hbond substituents is 1. The zero-order chi connectivity index (χ0) is 17.4. The van der Waals surface area contributed by atoms with Gasteiger partial charge < -0.3 is 24.8 Å². The summed E-state index contributed by atoms with van der Waals surface area (Å²) < 4.78 is 10.3. The number of phenols is 1. The van der Waals surface area contributed by atoms with Gasteiger partial charge in [-0.05, 0) is 23.8 Å². The molecule has 0 unspecified atom stereocenters. The van der Waals surface area contributed by atoms with Crippen LogP contribution in [0, 0.1) is 11.3 Å². The molecule has 1 saturated heterocycles. The smallest absolute Gasteiger partial charge is 0.262 e. The summed E-state index contributed by atoms with van der Waals surface area (Å²) in [7, 11) is 1.44. The van der Waals surface area contributed by atoms with Gasteiger partial charge in [0, 0.05) is 0 Å². The van der Waals surface area contributed by atoms with E-state index in [1.807, 2.05) is 6.07 Å². The topological polar surface area (TPSA) is 96.0 Å². The molecule has 24 heavy (non-hydrogen) atoms. The predicted octanol–water partition coefficient (Wildman–Crippen LogP) is -0.661. The number of hydrogen-bond donors (Lipinski definition) is 3. The normalized spacial score (nSPS) is 15.6. The lowest BCUT2D eigenvalue weighted by Crippen LogP contribution is -3.14. The maximum absolute atomic E-state index is 12.1. The number of nitrogens with one attached hydrogen (secondary N) is 2. The highest BCUT2D eigenvalue weighted by atomic mass is 16.5. The van der Waals surface area contributed by atoms with Crippen molar-refractivity contribution in [2.24, 2.45) is 0 Å². The van der Waals surface area contributed by atoms with Crippen molar-refractivity contribution in [3.8, 4) is 17.6 Å². The molecule has 1 aliphatic rings. The largest absolute Gasteiger partial charge is 0.504 e. The second kappa shape index (κ2) is 8.91. The van der Waals surface area contributed by atoms with Gasteiger partial charge in [0.05, 0.1) is 33.4 Å². The molecular formula is C17H22N3O4+. The number of ether oxygens (including phenoxy) is 2. The van der Waals surface area contributed by atoms with Crippen molar-refractivity contribution >= 4 is 12.0 Å². The number of aromatic hydroxyl groups is 1. The first-order valence-corrected chi connectivity index (χ1v) is 7.82. The van der Waals surface area contributed by atoms with Gasteiger partial charge in [0.2, 0.25) is 0 Å². The summed E-state index contributed by atoms with van der Waals surface area (Å²) in [4.78, 5) is 13.5. The molecule has 1 amide bonds. The van der Waals surface area contributed by atoms with E-state index in [1.54, 1.807) is 12.1 Å². The zero-order valence-electron chi connectivity index (χ0n) is 13.7. The molecule has 0 saturated carbocycles. The Balaban J connectivity index is 1.94. The van der Waals surface area contributed by atoms with Gasteiger partial charge in [0.25, 0.3) is 5.91 Å². The first-order chi connectivity index (χ1) is 11.6. The fraction of sp³-hybridized carbons (Fsp3) is 0.412. The molecule has 2 rings (SSSR count). The lowest BCUT2D eigenvalue weighted by molar-refractivity contribution is -0.906. The second-order valence-electron chi connectivity index (χ2n) is 5.47. The summed E-state index contributed by atoms with van der Waals surface area (Å²) in [5.74, 6) is -0.110. The number of nitrogens with zero attached hydrogens (tertiary/aromatic N) is 1. The molecule has 0 spiro atoms. The van der Waals surface area contributed by atoms with Gasteiger partial charge in [0.1, 0.15) is 24.7 Å². The molecule has 128 valence electrons. The minimum Gasteiger partial charge on any atom is -0.504 e. The van der Waals surface area contributed by atoms with E-state index in [0.717, 1.165) is 32.8 Å². The first-order valence-electron chi connectivity index (χ1n) is 7.82. The molecule has 7 heteroatoms. The Morgan fingerprint density at radius 1 is 1.50 bits per heavy atom. The average Bonchev–Trinajstić information content (AvgIpc) is 2.61. The van der Waals surface area contributed by atoms with E-state index in [9.17, 15) is 15.2 Å². The lowest BCUT2D eigenvalue weighted by Gasteiger charge is -2.23. The Labute approximate surface area is 141 Å². The molecule has 1 heterocycles. The number of rotatable bonds is 6. The van der Waals surface area contributed by atoms with Gasteiger partial charge in [-0.2, -0.15) is 5.26 Å². The molecule has 3 N–H and O–H groups in total. The first kappa shape index (κ1) is 17.8. The third-order valence-electron chi connectivity index (χ3n) is 3.84. The van der Waals surface area contributed by atoms with Crippen LogP contribution in [0.1, 0.15) is 5.56 Å². The number of hydrogen-bond acceptors (Lipinski definition) is 5. The number of amides is 1. The minimum atomic E-state index is -0.405. The molecule has 1 aromatic carbocycles. The number of carbonyl (C=O) groups is 1. The number of nitriles is 1. The zero-order valence-corrected chi connectivity index (χ0v) is 13.7. The highest BCUT2D eigenvalue weighted by Crippen LogP contribution is 2.27. The summed E-state index contributed by atoms with van der Waals surface area (Å²) in [6.07, 6.45) is 1.47. The van der Waals surface area contributed by atoms with Crippen LogP contribution in [0.3, 0.4) is 0 Å². The molecule has 1 aliphatic heterocycles. The van der Waals surface area contributed by atoms with Crippen LogP contribution in [0.2, 0.25) is 0 Å². The number of carbonyl (C=O) groups excluding carboxylic acids is 1. The van der Waals surface area contributed by atoms with E-state index in [0.29, 0.717) is 12.1 Å². The van der Waals surface area contributed by atoms with Crippen LogP contribution in [-0.2, 0) is 9.53 Å². The maximum atomic E-state index is 12.1. The van der Waals surface area contributed by atoms with Gasteiger partial charge in [-0.3, -0.25) is 4.79 Å². The van der Waals surface area contributed by atoms with Gasteiger partial charge >= 0.3 is 0 Å². The number of morpholine rings is 1. The lowest BCUT2D eigenvalue weighted by atomic mass is 10.1. The summed E-state index contributed by atoms with van der Waals surface area (Å²) in [5, 5.41) is 21.5. The Hall–Kier alpha value is -2.56. The quantitative estimate of drug-likeness (QED) is 0.475. The summed E-state index contributed by atoms with van der Waals surface area (Å²) in [6.45, 7) is 4.67. The molecule has 0 atom stereocenters. The van der Waals surface area contributed by atoms with Crippen molar-refractivity contribution in [1.29, 1.82) is 5.26 Å². The number of benzene rings is 1. The molecule has 7 nitrogen and oxygen atoms in total. The minimum absolute atomic E-state index is 0.00564. The SMILES string of the molecule is COc1cc(C=C(C#N)C(=O)NCC[NH+]2CCOCC2)ccc1O. The van der Waals surface area contributed by atoms with E-state index < -0.39 is 5.91 Å². The van der Waals surface area contributed by atoms with Crippen LogP contribution in [0.25, 0.3) is 6.08 Å². The van der Waals surface area contributed by atoms with E-state index in [-0.39, 0.29) is 17.1 Å². The van der Waals surface area contributed by atoms with Crippen LogP contribution < -0.4 is 15.0 Å². The molecule has 1 aromatic rings. The third kappa shape index (κ3) is 4.98. The predicted molar refractivity (Wildman–Crippen MR) is 87.6 cm³/mol. The molecular weight excluding hydrogens is 310 g/mol. The van der Waals surface area contributed by atoms with Crippen molar-refractivity contribution in [3.63, 3.8) is 0 Å². The van der Waals surface area contributed by atoms with Crippen molar-refractivity contribution in [1.82, 2.24) is 5.32 Å². The van der Waals surface area contributed by atoms with Crippen molar-refractivity contribution in [2.45, 2.75) is 0 Å². The van der Waals surface area contributed by atoms with Crippen LogP contribution in [0.15, 0.2) is 23.8 Å². The van der Waals surface area contributed by atoms with Gasteiger partial charge in [-0.25, -0.2) is 0 Å². The van der Waals surface area contributed by atoms with Crippen molar-refractivity contribution < 1.29 is 24.3 Å². The van der Waals surface area contributed by atoms with Crippen LogP contribution in [-0.4, -0.2) is 57.5 Å². The van der Waals surface area contributed by atoms with E-state index in [1.165, 1.54) is 24.2 Å². The highest BCUT2D eigenvalue weighted by molar-refractivity contribution is 6.01. The van der Waals surface area contributed by atoms with E-state index >= 15 is 0 Å². The molecule has 0 bridgehead atoms. The fourth-order valence-corrected chi connectivity index (χ4v) is 2.46. The molecule has 0 radical (unpaired) electrons. The van der Waals surface area contributed by atoms with Crippen molar-refractivity contribution in [3.05, 3.63) is 29.3 Å². The summed E-state index contributed by atoms with van der Waals surface area (Å²) in [6, 6.07) is 6.55. The van der Waals surface area contributed by atoms with Gasteiger partial charge in [0.15, 0.2) is 11.5 Å². The summed E-state index contributed by atoms with van der Waals surface area (Å²) in [5.41, 5.74) is 0.620. The molecule has 1 fully saturated rings. The Bertz CT molecular complexity index is 646. The second-order valence-corrected chi connectivity index (χ2v) is 5.47. The van der Waals surface area contributed by atoms with Crippen LogP contribution >= 0.6 is 0 Å². The molecule has 0 aliphatic carbocycles. The summed E-state index contributed by atoms with van der Waals surface area (Å²) >= 11 is 0. The number of quaternary nitrogens is 1.